The first-order valence-electron chi connectivity index (χ1n) is 5.81. The average Bonchev–Trinajstić information content (AvgIpc) is 2.41. The van der Waals surface area contributed by atoms with E-state index in [2.05, 4.69) is 9.71 Å². The maximum atomic E-state index is 13.4. The summed E-state index contributed by atoms with van der Waals surface area (Å²) in [6.07, 6.45) is 1.96. The molecule has 0 fully saturated rings. The highest BCUT2D eigenvalue weighted by Crippen LogP contribution is 2.18. The summed E-state index contributed by atoms with van der Waals surface area (Å²) in [4.78, 5) is 14.0. The van der Waals surface area contributed by atoms with Crippen LogP contribution in [-0.2, 0) is 21.2 Å². The molecule has 2 N–H and O–H groups in total. The van der Waals surface area contributed by atoms with Gasteiger partial charge in [0.2, 0.25) is 0 Å². The first kappa shape index (κ1) is 14.9. The second-order valence-corrected chi connectivity index (χ2v) is 5.86. The summed E-state index contributed by atoms with van der Waals surface area (Å²) in [6, 6.07) is 6.52. The summed E-state index contributed by atoms with van der Waals surface area (Å²) in [7, 11) is -3.95. The van der Waals surface area contributed by atoms with Gasteiger partial charge in [0.25, 0.3) is 10.0 Å². The summed E-state index contributed by atoms with van der Waals surface area (Å²) < 4.78 is 39.6. The smallest absolute Gasteiger partial charge is 0.307 e. The van der Waals surface area contributed by atoms with E-state index in [0.29, 0.717) is 5.56 Å². The van der Waals surface area contributed by atoms with Crippen molar-refractivity contribution in [1.29, 1.82) is 0 Å². The largest absolute Gasteiger partial charge is 0.481 e. The molecule has 0 aliphatic heterocycles. The molecular weight excluding hydrogens is 299 g/mol. The van der Waals surface area contributed by atoms with E-state index in [4.69, 9.17) is 5.11 Å². The SMILES string of the molecule is O=C(O)Cc1ccc(S(=O)(=O)Nc2ccncc2F)cc1. The third-order valence-corrected chi connectivity index (χ3v) is 3.99. The lowest BCUT2D eigenvalue weighted by Gasteiger charge is -2.09. The summed E-state index contributed by atoms with van der Waals surface area (Å²) in [6.45, 7) is 0. The number of aromatic nitrogens is 1. The van der Waals surface area contributed by atoms with Crippen LogP contribution in [0.5, 0.6) is 0 Å². The Hall–Kier alpha value is -2.48. The molecule has 110 valence electrons. The molecule has 0 bridgehead atoms. The van der Waals surface area contributed by atoms with Gasteiger partial charge in [-0.1, -0.05) is 12.1 Å². The van der Waals surface area contributed by atoms with E-state index in [1.807, 2.05) is 0 Å². The van der Waals surface area contributed by atoms with Crippen molar-refractivity contribution in [2.45, 2.75) is 11.3 Å². The van der Waals surface area contributed by atoms with Crippen LogP contribution in [0.3, 0.4) is 0 Å². The number of aliphatic carboxylic acids is 1. The topological polar surface area (TPSA) is 96.4 Å². The summed E-state index contributed by atoms with van der Waals surface area (Å²) in [5.74, 6) is -1.80. The average molecular weight is 310 g/mol. The van der Waals surface area contributed by atoms with Crippen molar-refractivity contribution in [3.63, 3.8) is 0 Å². The van der Waals surface area contributed by atoms with E-state index in [9.17, 15) is 17.6 Å². The van der Waals surface area contributed by atoms with Crippen molar-refractivity contribution in [3.05, 3.63) is 54.1 Å². The van der Waals surface area contributed by atoms with Gasteiger partial charge < -0.3 is 5.11 Å². The first-order chi connectivity index (χ1) is 9.88. The highest BCUT2D eigenvalue weighted by molar-refractivity contribution is 7.92. The molecule has 0 aliphatic carbocycles. The number of pyridine rings is 1. The monoisotopic (exact) mass is 310 g/mol. The first-order valence-corrected chi connectivity index (χ1v) is 7.30. The number of sulfonamides is 1. The van der Waals surface area contributed by atoms with Crippen LogP contribution in [0.15, 0.2) is 47.6 Å². The van der Waals surface area contributed by atoms with Crippen LogP contribution in [0.25, 0.3) is 0 Å². The number of hydrogen-bond acceptors (Lipinski definition) is 4. The van der Waals surface area contributed by atoms with Gasteiger partial charge in [-0.3, -0.25) is 14.5 Å². The molecule has 8 heteroatoms. The van der Waals surface area contributed by atoms with Gasteiger partial charge in [0.05, 0.1) is 23.2 Å². The lowest BCUT2D eigenvalue weighted by Crippen LogP contribution is -2.14. The molecule has 1 aromatic carbocycles. The standard InChI is InChI=1S/C13H11FN2O4S/c14-11-8-15-6-5-12(11)16-21(19,20)10-3-1-9(2-4-10)7-13(17)18/h1-6,8H,7H2,(H,15,16)(H,17,18). The van der Waals surface area contributed by atoms with E-state index in [0.717, 1.165) is 6.20 Å². The van der Waals surface area contributed by atoms with E-state index >= 15 is 0 Å². The Balaban J connectivity index is 2.24. The van der Waals surface area contributed by atoms with Crippen molar-refractivity contribution in [2.24, 2.45) is 0 Å². The molecule has 0 radical (unpaired) electrons. The maximum Gasteiger partial charge on any atom is 0.307 e. The van der Waals surface area contributed by atoms with E-state index in [1.54, 1.807) is 0 Å². The number of benzene rings is 1. The van der Waals surface area contributed by atoms with Crippen molar-refractivity contribution in [1.82, 2.24) is 4.98 Å². The fourth-order valence-electron chi connectivity index (χ4n) is 1.62. The Morgan fingerprint density at radius 3 is 2.48 bits per heavy atom. The predicted octanol–water partition coefficient (Wildman–Crippen LogP) is 1.65. The van der Waals surface area contributed by atoms with Gasteiger partial charge >= 0.3 is 5.97 Å². The number of rotatable bonds is 5. The summed E-state index contributed by atoms with van der Waals surface area (Å²) >= 11 is 0. The van der Waals surface area contributed by atoms with Gasteiger partial charge in [0.15, 0.2) is 5.82 Å². The molecule has 2 rings (SSSR count). The van der Waals surface area contributed by atoms with Gasteiger partial charge in [-0.2, -0.15) is 0 Å². The number of halogens is 1. The van der Waals surface area contributed by atoms with Gasteiger partial charge in [0, 0.05) is 6.20 Å². The van der Waals surface area contributed by atoms with Gasteiger partial charge in [-0.05, 0) is 23.8 Å². The molecule has 6 nitrogen and oxygen atoms in total. The zero-order valence-electron chi connectivity index (χ0n) is 10.7. The quantitative estimate of drug-likeness (QED) is 0.875. The van der Waals surface area contributed by atoms with Crippen LogP contribution < -0.4 is 4.72 Å². The minimum absolute atomic E-state index is 0.0900. The number of carboxylic acid groups (broad SMARTS) is 1. The van der Waals surface area contributed by atoms with E-state index in [1.165, 1.54) is 36.5 Å². The third kappa shape index (κ3) is 3.76. The molecule has 21 heavy (non-hydrogen) atoms. The van der Waals surface area contributed by atoms with Crippen molar-refractivity contribution in [2.75, 3.05) is 4.72 Å². The van der Waals surface area contributed by atoms with E-state index in [-0.39, 0.29) is 17.0 Å². The second-order valence-electron chi connectivity index (χ2n) is 4.18. The molecule has 0 amide bonds. The van der Waals surface area contributed by atoms with Crippen molar-refractivity contribution < 1.29 is 22.7 Å². The normalized spacial score (nSPS) is 11.1. The van der Waals surface area contributed by atoms with Crippen molar-refractivity contribution >= 4 is 21.7 Å². The highest BCUT2D eigenvalue weighted by atomic mass is 32.2. The molecule has 1 aromatic heterocycles. The number of nitrogens with zero attached hydrogens (tertiary/aromatic N) is 1. The van der Waals surface area contributed by atoms with Gasteiger partial charge in [-0.25, -0.2) is 12.8 Å². The maximum absolute atomic E-state index is 13.4. The lowest BCUT2D eigenvalue weighted by atomic mass is 10.2. The second kappa shape index (κ2) is 5.88. The minimum Gasteiger partial charge on any atom is -0.481 e. The van der Waals surface area contributed by atoms with Crippen LogP contribution in [0, 0.1) is 5.82 Å². The minimum atomic E-state index is -3.95. The fraction of sp³-hybridized carbons (Fsp3) is 0.0769. The molecule has 0 saturated heterocycles. The van der Waals surface area contributed by atoms with Crippen LogP contribution >= 0.6 is 0 Å². The lowest BCUT2D eigenvalue weighted by molar-refractivity contribution is -0.136. The molecule has 0 saturated carbocycles. The molecule has 0 unspecified atom stereocenters. The Kier molecular flexibility index (Phi) is 4.18. The Labute approximate surface area is 120 Å². The predicted molar refractivity (Wildman–Crippen MR) is 72.8 cm³/mol. The Morgan fingerprint density at radius 2 is 1.90 bits per heavy atom. The van der Waals surface area contributed by atoms with Crippen LogP contribution in [0.4, 0.5) is 10.1 Å². The Bertz CT molecular complexity index is 760. The fourth-order valence-corrected chi connectivity index (χ4v) is 2.69. The third-order valence-electron chi connectivity index (χ3n) is 2.61. The highest BCUT2D eigenvalue weighted by Gasteiger charge is 2.16. The summed E-state index contributed by atoms with van der Waals surface area (Å²) in [5.41, 5.74) is 0.260. The van der Waals surface area contributed by atoms with Crippen LogP contribution in [0.1, 0.15) is 5.56 Å². The number of carbonyl (C=O) groups is 1. The molecule has 0 aliphatic rings. The van der Waals surface area contributed by atoms with Crippen molar-refractivity contribution in [3.8, 4) is 0 Å². The Morgan fingerprint density at radius 1 is 1.24 bits per heavy atom. The summed E-state index contributed by atoms with van der Waals surface area (Å²) in [5, 5.41) is 8.64. The molecular formula is C13H11FN2O4S. The zero-order valence-corrected chi connectivity index (χ0v) is 11.5. The van der Waals surface area contributed by atoms with Crippen LogP contribution in [0.2, 0.25) is 0 Å². The zero-order chi connectivity index (χ0) is 15.5. The number of anilines is 1. The van der Waals surface area contributed by atoms with Gasteiger partial charge in [-0.15, -0.1) is 0 Å². The molecule has 1 heterocycles. The van der Waals surface area contributed by atoms with Crippen LogP contribution in [-0.4, -0.2) is 24.5 Å². The molecule has 2 aromatic rings. The number of nitrogens with one attached hydrogen (secondary N) is 1. The molecule has 0 spiro atoms. The van der Waals surface area contributed by atoms with E-state index < -0.39 is 21.8 Å². The number of carboxylic acids is 1. The van der Waals surface area contributed by atoms with Gasteiger partial charge in [0.1, 0.15) is 0 Å². The number of hydrogen-bond donors (Lipinski definition) is 2. The molecule has 0 atom stereocenters.